The highest BCUT2D eigenvalue weighted by molar-refractivity contribution is 5.70. The normalized spacial score (nSPS) is 12.9. The van der Waals surface area contributed by atoms with Crippen LogP contribution < -0.4 is 0 Å². The Morgan fingerprint density at radius 2 is 0.810 bits per heavy atom. The molecule has 0 heterocycles. The van der Waals surface area contributed by atoms with Gasteiger partial charge in [0.25, 0.3) is 0 Å². The van der Waals surface area contributed by atoms with Crippen molar-refractivity contribution in [1.29, 1.82) is 0 Å². The molecule has 0 aliphatic heterocycles. The summed E-state index contributed by atoms with van der Waals surface area (Å²) in [6.45, 7) is 7.49. The van der Waals surface area contributed by atoms with Gasteiger partial charge in [-0.3, -0.25) is 9.59 Å². The van der Waals surface area contributed by atoms with E-state index in [0.717, 1.165) is 83.5 Å². The van der Waals surface area contributed by atoms with Gasteiger partial charge in [-0.25, -0.2) is 0 Å². The number of hydrogen-bond acceptors (Lipinski definition) is 5. The van der Waals surface area contributed by atoms with Crippen molar-refractivity contribution in [2.45, 2.75) is 219 Å². The summed E-state index contributed by atoms with van der Waals surface area (Å²) in [5.41, 5.74) is 0. The van der Waals surface area contributed by atoms with Crippen LogP contribution in [0, 0.1) is 0 Å². The lowest BCUT2D eigenvalue weighted by molar-refractivity contribution is -0.162. The Balaban J connectivity index is 4.37. The second-order valence-corrected chi connectivity index (χ2v) is 15.6. The van der Waals surface area contributed by atoms with E-state index < -0.39 is 6.10 Å². The molecule has 0 amide bonds. The molecular weight excluding hydrogens is 717 g/mol. The van der Waals surface area contributed by atoms with Crippen molar-refractivity contribution in [2.75, 3.05) is 19.8 Å². The minimum atomic E-state index is -0.580. The molecule has 0 N–H and O–H groups in total. The van der Waals surface area contributed by atoms with Crippen LogP contribution in [-0.4, -0.2) is 37.9 Å². The topological polar surface area (TPSA) is 61.8 Å². The van der Waals surface area contributed by atoms with Crippen LogP contribution in [0.3, 0.4) is 0 Å². The molecule has 0 spiro atoms. The number of carbonyl (C=O) groups excluding carboxylic acids is 2. The van der Waals surface area contributed by atoms with Gasteiger partial charge >= 0.3 is 11.9 Å². The molecule has 0 aromatic heterocycles. The molecule has 0 saturated carbocycles. The van der Waals surface area contributed by atoms with Gasteiger partial charge in [-0.15, -0.1) is 0 Å². The monoisotopic (exact) mass is 807 g/mol. The smallest absolute Gasteiger partial charge is 0.306 e. The van der Waals surface area contributed by atoms with E-state index in [1.165, 1.54) is 89.9 Å². The first-order valence-corrected chi connectivity index (χ1v) is 24.1. The predicted molar refractivity (Wildman–Crippen MR) is 251 cm³/mol. The Hall–Kier alpha value is -2.92. The molecule has 0 aliphatic carbocycles. The Kier molecular flexibility index (Phi) is 46.0. The van der Waals surface area contributed by atoms with E-state index in [1.54, 1.807) is 0 Å². The first-order chi connectivity index (χ1) is 28.6. The molecule has 1 atom stereocenters. The van der Waals surface area contributed by atoms with E-state index in [2.05, 4.69) is 99.8 Å². The summed E-state index contributed by atoms with van der Waals surface area (Å²) in [6, 6.07) is 0. The molecule has 0 rings (SSSR count). The fourth-order valence-electron chi connectivity index (χ4n) is 6.42. The molecule has 0 aromatic rings. The zero-order valence-electron chi connectivity index (χ0n) is 38.0. The molecular formula is C53H90O5. The maximum Gasteiger partial charge on any atom is 0.306 e. The van der Waals surface area contributed by atoms with E-state index in [0.29, 0.717) is 25.9 Å². The summed E-state index contributed by atoms with van der Waals surface area (Å²) in [6.07, 6.45) is 63.2. The molecule has 0 aromatic carbocycles. The van der Waals surface area contributed by atoms with E-state index in [9.17, 15) is 9.59 Å². The number of hydrogen-bond donors (Lipinski definition) is 0. The molecule has 5 heteroatoms. The van der Waals surface area contributed by atoms with Crippen molar-refractivity contribution in [1.82, 2.24) is 0 Å². The van der Waals surface area contributed by atoms with Crippen molar-refractivity contribution in [2.24, 2.45) is 0 Å². The van der Waals surface area contributed by atoms with Gasteiger partial charge < -0.3 is 14.2 Å². The third-order valence-corrected chi connectivity index (χ3v) is 9.94. The van der Waals surface area contributed by atoms with Crippen molar-refractivity contribution < 1.29 is 23.8 Å². The second kappa shape index (κ2) is 48.4. The molecule has 0 fully saturated rings. The summed E-state index contributed by atoms with van der Waals surface area (Å²) in [5, 5.41) is 0. The van der Waals surface area contributed by atoms with Crippen LogP contribution in [-0.2, 0) is 23.8 Å². The van der Waals surface area contributed by atoms with E-state index in [1.807, 2.05) is 6.08 Å². The van der Waals surface area contributed by atoms with Crippen molar-refractivity contribution >= 4 is 11.9 Å². The van der Waals surface area contributed by atoms with Crippen molar-refractivity contribution in [3.63, 3.8) is 0 Å². The number of esters is 2. The number of ether oxygens (including phenoxy) is 3. The van der Waals surface area contributed by atoms with E-state index in [-0.39, 0.29) is 25.2 Å². The number of allylic oxidation sites excluding steroid dienone is 14. The summed E-state index contributed by atoms with van der Waals surface area (Å²) >= 11 is 0. The van der Waals surface area contributed by atoms with Gasteiger partial charge in [-0.2, -0.15) is 0 Å². The first kappa shape index (κ1) is 55.1. The van der Waals surface area contributed by atoms with E-state index >= 15 is 0 Å². The lowest BCUT2D eigenvalue weighted by Gasteiger charge is -2.18. The highest BCUT2D eigenvalue weighted by atomic mass is 16.6. The zero-order chi connectivity index (χ0) is 42.1. The molecule has 0 aliphatic rings. The Morgan fingerprint density at radius 3 is 1.29 bits per heavy atom. The zero-order valence-corrected chi connectivity index (χ0v) is 38.0. The lowest BCUT2D eigenvalue weighted by atomic mass is 10.0. The van der Waals surface area contributed by atoms with Gasteiger partial charge in [0, 0.05) is 19.4 Å². The minimum absolute atomic E-state index is 0.0336. The fraction of sp³-hybridized carbons (Fsp3) is 0.698. The molecule has 5 nitrogen and oxygen atoms in total. The maximum atomic E-state index is 12.7. The Morgan fingerprint density at radius 1 is 0.397 bits per heavy atom. The third kappa shape index (κ3) is 45.8. The molecule has 332 valence electrons. The largest absolute Gasteiger partial charge is 0.462 e. The van der Waals surface area contributed by atoms with Gasteiger partial charge in [0.1, 0.15) is 6.61 Å². The minimum Gasteiger partial charge on any atom is -0.462 e. The van der Waals surface area contributed by atoms with E-state index in [4.69, 9.17) is 14.2 Å². The van der Waals surface area contributed by atoms with Crippen LogP contribution in [0.15, 0.2) is 85.1 Å². The van der Waals surface area contributed by atoms with Gasteiger partial charge in [-0.05, 0) is 77.0 Å². The van der Waals surface area contributed by atoms with Crippen LogP contribution >= 0.6 is 0 Å². The highest BCUT2D eigenvalue weighted by Gasteiger charge is 2.17. The molecule has 1 unspecified atom stereocenters. The Labute approximate surface area is 359 Å². The number of unbranched alkanes of at least 4 members (excludes halogenated alkanes) is 18. The highest BCUT2D eigenvalue weighted by Crippen LogP contribution is 2.14. The molecule has 0 radical (unpaired) electrons. The molecule has 0 bridgehead atoms. The Bertz CT molecular complexity index is 1090. The van der Waals surface area contributed by atoms with Crippen molar-refractivity contribution in [3.8, 4) is 0 Å². The quantitative estimate of drug-likeness (QED) is 0.0349. The summed E-state index contributed by atoms with van der Waals surface area (Å²) in [4.78, 5) is 25.2. The van der Waals surface area contributed by atoms with Gasteiger partial charge in [0.15, 0.2) is 6.10 Å². The van der Waals surface area contributed by atoms with Crippen molar-refractivity contribution in [3.05, 3.63) is 85.1 Å². The predicted octanol–water partition coefficient (Wildman–Crippen LogP) is 16.1. The van der Waals surface area contributed by atoms with Crippen LogP contribution in [0.1, 0.15) is 213 Å². The van der Waals surface area contributed by atoms with Gasteiger partial charge in [-0.1, -0.05) is 209 Å². The second-order valence-electron chi connectivity index (χ2n) is 15.6. The number of rotatable bonds is 43. The fourth-order valence-corrected chi connectivity index (χ4v) is 6.42. The summed E-state index contributed by atoms with van der Waals surface area (Å²) < 4.78 is 17.3. The first-order valence-electron chi connectivity index (χ1n) is 24.1. The van der Waals surface area contributed by atoms with Crippen LogP contribution in [0.2, 0.25) is 0 Å². The third-order valence-electron chi connectivity index (χ3n) is 9.94. The SMILES string of the molecule is CC/C=C\C/C=C\C/C=C\C/C=C\CCC(=O)OCC(COCCCCCCCCCCCCCCCCCC)OC(=O)CCCCC/C=C\C/C=C\C/C=C\CC. The molecule has 0 saturated heterocycles. The summed E-state index contributed by atoms with van der Waals surface area (Å²) in [7, 11) is 0. The number of carbonyl (C=O) groups is 2. The average Bonchev–Trinajstić information content (AvgIpc) is 3.22. The summed E-state index contributed by atoms with van der Waals surface area (Å²) in [5.74, 6) is -0.525. The molecule has 58 heavy (non-hydrogen) atoms. The van der Waals surface area contributed by atoms with Gasteiger partial charge in [0.05, 0.1) is 6.61 Å². The van der Waals surface area contributed by atoms with Crippen LogP contribution in [0.25, 0.3) is 0 Å². The van der Waals surface area contributed by atoms with Gasteiger partial charge in [0.2, 0.25) is 0 Å². The maximum absolute atomic E-state index is 12.7. The standard InChI is InChI=1S/C53H90O5/c1-4-7-10-13-16-19-22-25-26-27-30-33-36-39-42-45-48-56-49-51(58-53(55)47-44-41-38-35-32-29-24-21-18-15-12-9-6-3)50-57-52(54)46-43-40-37-34-31-28-23-20-17-14-11-8-5-2/h8-9,11-12,17-18,20-21,28-29,31-32,37,40,51H,4-7,10,13-16,19,22-27,30,33-36,38-39,41-50H2,1-3H3/b11-8-,12-9-,20-17-,21-18-,31-28-,32-29-,40-37-. The van der Waals surface area contributed by atoms with Crippen LogP contribution in [0.5, 0.6) is 0 Å². The average molecular weight is 807 g/mol. The van der Waals surface area contributed by atoms with Crippen LogP contribution in [0.4, 0.5) is 0 Å². The lowest BCUT2D eigenvalue weighted by Crippen LogP contribution is -2.30.